The van der Waals surface area contributed by atoms with Crippen molar-refractivity contribution in [3.8, 4) is 11.5 Å². The number of ketones is 1. The lowest BCUT2D eigenvalue weighted by molar-refractivity contribution is 0.103. The second-order valence-electron chi connectivity index (χ2n) is 4.73. The zero-order valence-electron chi connectivity index (χ0n) is 10.6. The van der Waals surface area contributed by atoms with E-state index in [4.69, 9.17) is 9.47 Å². The number of benzene rings is 1. The molecule has 0 spiro atoms. The van der Waals surface area contributed by atoms with Crippen molar-refractivity contribution < 1.29 is 14.3 Å². The van der Waals surface area contributed by atoms with E-state index < -0.39 is 0 Å². The van der Waals surface area contributed by atoms with Crippen molar-refractivity contribution in [2.45, 2.75) is 6.92 Å². The predicted octanol–water partition coefficient (Wildman–Crippen LogP) is 3.39. The van der Waals surface area contributed by atoms with Crippen molar-refractivity contribution in [1.82, 2.24) is 0 Å². The van der Waals surface area contributed by atoms with Gasteiger partial charge in [0, 0.05) is 22.4 Å². The summed E-state index contributed by atoms with van der Waals surface area (Å²) in [5, 5.41) is 3.76. The number of fused-ring (bicyclic) bond motifs is 1. The molecular weight excluding hydrogens is 260 g/mol. The van der Waals surface area contributed by atoms with Gasteiger partial charge in [0.2, 0.25) is 0 Å². The lowest BCUT2D eigenvalue weighted by Crippen LogP contribution is -2.12. The summed E-state index contributed by atoms with van der Waals surface area (Å²) in [5.74, 6) is 1.74. The van der Waals surface area contributed by atoms with Crippen LogP contribution in [0.2, 0.25) is 0 Å². The Kier molecular flexibility index (Phi) is 3.25. The molecule has 3 nitrogen and oxygen atoms in total. The van der Waals surface area contributed by atoms with Gasteiger partial charge < -0.3 is 9.47 Å². The number of carbonyl (C=O) groups excluding carboxylic acids is 1. The smallest absolute Gasteiger partial charge is 0.193 e. The molecule has 98 valence electrons. The van der Waals surface area contributed by atoms with Crippen LogP contribution < -0.4 is 9.47 Å². The van der Waals surface area contributed by atoms with Gasteiger partial charge in [-0.15, -0.1) is 0 Å². The topological polar surface area (TPSA) is 35.5 Å². The number of ether oxygens (including phenoxy) is 2. The molecule has 2 aromatic rings. The molecule has 0 fully saturated rings. The lowest BCUT2D eigenvalue weighted by atomic mass is 10.1. The highest BCUT2D eigenvalue weighted by Crippen LogP contribution is 2.32. The molecule has 1 aliphatic heterocycles. The Morgan fingerprint density at radius 3 is 2.68 bits per heavy atom. The molecule has 0 radical (unpaired) electrons. The van der Waals surface area contributed by atoms with Crippen LogP contribution in [0.1, 0.15) is 22.8 Å². The van der Waals surface area contributed by atoms with Gasteiger partial charge in [-0.3, -0.25) is 4.79 Å². The summed E-state index contributed by atoms with van der Waals surface area (Å²) in [4.78, 5) is 12.3. The van der Waals surface area contributed by atoms with Crippen LogP contribution in [0.5, 0.6) is 11.5 Å². The number of hydrogen-bond acceptors (Lipinski definition) is 4. The minimum absolute atomic E-state index is 0.0185. The molecule has 0 aliphatic carbocycles. The Morgan fingerprint density at radius 2 is 1.95 bits per heavy atom. The first kappa shape index (κ1) is 12.2. The Hall–Kier alpha value is -1.81. The molecule has 0 N–H and O–H groups in total. The van der Waals surface area contributed by atoms with Gasteiger partial charge in [-0.25, -0.2) is 0 Å². The fourth-order valence-electron chi connectivity index (χ4n) is 1.95. The normalized spacial score (nSPS) is 17.8. The first-order valence-corrected chi connectivity index (χ1v) is 7.15. The quantitative estimate of drug-likeness (QED) is 0.787. The summed E-state index contributed by atoms with van der Waals surface area (Å²) < 4.78 is 11.3. The highest BCUT2D eigenvalue weighted by Gasteiger charge is 2.17. The van der Waals surface area contributed by atoms with Crippen LogP contribution in [0.4, 0.5) is 0 Å². The van der Waals surface area contributed by atoms with E-state index in [9.17, 15) is 4.79 Å². The Bertz CT molecular complexity index is 589. The van der Waals surface area contributed by atoms with E-state index >= 15 is 0 Å². The molecule has 0 bridgehead atoms. The third-order valence-electron chi connectivity index (χ3n) is 3.04. The van der Waals surface area contributed by atoms with Gasteiger partial charge in [0.25, 0.3) is 0 Å². The molecule has 0 saturated heterocycles. The summed E-state index contributed by atoms with van der Waals surface area (Å²) in [6.45, 7) is 3.33. The second kappa shape index (κ2) is 5.05. The van der Waals surface area contributed by atoms with Gasteiger partial charge in [0.1, 0.15) is 0 Å². The van der Waals surface area contributed by atoms with Gasteiger partial charge in [0.05, 0.1) is 13.2 Å². The molecule has 1 aliphatic rings. The number of carbonyl (C=O) groups is 1. The molecule has 0 amide bonds. The summed E-state index contributed by atoms with van der Waals surface area (Å²) in [6, 6.07) is 7.20. The Morgan fingerprint density at radius 1 is 1.16 bits per heavy atom. The monoisotopic (exact) mass is 274 g/mol. The van der Waals surface area contributed by atoms with Crippen molar-refractivity contribution in [3.05, 3.63) is 46.2 Å². The zero-order chi connectivity index (χ0) is 13.2. The van der Waals surface area contributed by atoms with Crippen LogP contribution in [0.15, 0.2) is 35.0 Å². The van der Waals surface area contributed by atoms with Crippen molar-refractivity contribution in [1.29, 1.82) is 0 Å². The van der Waals surface area contributed by atoms with E-state index in [0.29, 0.717) is 41.8 Å². The van der Waals surface area contributed by atoms with Crippen LogP contribution in [0.25, 0.3) is 0 Å². The van der Waals surface area contributed by atoms with Gasteiger partial charge in [0.15, 0.2) is 17.3 Å². The fraction of sp³-hybridized carbons (Fsp3) is 0.267. The van der Waals surface area contributed by atoms with E-state index in [0.717, 1.165) is 0 Å². The highest BCUT2D eigenvalue weighted by atomic mass is 32.1. The maximum atomic E-state index is 12.3. The first-order valence-electron chi connectivity index (χ1n) is 6.20. The average molecular weight is 274 g/mol. The maximum absolute atomic E-state index is 12.3. The second-order valence-corrected chi connectivity index (χ2v) is 5.51. The molecule has 0 saturated carbocycles. The third-order valence-corrected chi connectivity index (χ3v) is 3.72. The molecule has 1 atom stereocenters. The number of rotatable bonds is 2. The molecule has 1 unspecified atom stereocenters. The standard InChI is InChI=1S/C15H14O3S/c1-10-7-17-13-3-2-11(6-14(13)18-8-10)15(16)12-4-5-19-9-12/h2-6,9-10H,7-8H2,1H3. The molecule has 3 rings (SSSR count). The van der Waals surface area contributed by atoms with Crippen LogP contribution in [-0.4, -0.2) is 19.0 Å². The van der Waals surface area contributed by atoms with Gasteiger partial charge >= 0.3 is 0 Å². The largest absolute Gasteiger partial charge is 0.489 e. The highest BCUT2D eigenvalue weighted by molar-refractivity contribution is 7.08. The Labute approximate surface area is 115 Å². The van der Waals surface area contributed by atoms with Gasteiger partial charge in [-0.2, -0.15) is 11.3 Å². The molecular formula is C15H14O3S. The van der Waals surface area contributed by atoms with Crippen molar-refractivity contribution >= 4 is 17.1 Å². The van der Waals surface area contributed by atoms with Crippen LogP contribution >= 0.6 is 11.3 Å². The van der Waals surface area contributed by atoms with Crippen LogP contribution in [0, 0.1) is 5.92 Å². The van der Waals surface area contributed by atoms with Crippen molar-refractivity contribution in [2.24, 2.45) is 5.92 Å². The average Bonchev–Trinajstić information content (AvgIpc) is 2.90. The van der Waals surface area contributed by atoms with E-state index in [1.54, 1.807) is 12.1 Å². The summed E-state index contributed by atoms with van der Waals surface area (Å²) in [6.07, 6.45) is 0. The molecule has 1 aromatic carbocycles. The SMILES string of the molecule is CC1COc2ccc(C(=O)c3ccsc3)cc2OC1. The molecule has 2 heterocycles. The molecule has 19 heavy (non-hydrogen) atoms. The van der Waals surface area contributed by atoms with Gasteiger partial charge in [-0.05, 0) is 29.6 Å². The third kappa shape index (κ3) is 2.49. The summed E-state index contributed by atoms with van der Waals surface area (Å²) >= 11 is 1.52. The van der Waals surface area contributed by atoms with Crippen molar-refractivity contribution in [3.63, 3.8) is 0 Å². The van der Waals surface area contributed by atoms with E-state index in [-0.39, 0.29) is 5.78 Å². The van der Waals surface area contributed by atoms with Crippen LogP contribution in [-0.2, 0) is 0 Å². The number of hydrogen-bond donors (Lipinski definition) is 0. The minimum atomic E-state index is 0.0185. The lowest BCUT2D eigenvalue weighted by Gasteiger charge is -2.08. The van der Waals surface area contributed by atoms with Crippen LogP contribution in [0.3, 0.4) is 0 Å². The summed E-state index contributed by atoms with van der Waals surface area (Å²) in [5.41, 5.74) is 1.35. The van der Waals surface area contributed by atoms with E-state index in [1.807, 2.05) is 22.9 Å². The minimum Gasteiger partial charge on any atom is -0.489 e. The van der Waals surface area contributed by atoms with E-state index in [2.05, 4.69) is 6.92 Å². The molecule has 1 aromatic heterocycles. The van der Waals surface area contributed by atoms with E-state index in [1.165, 1.54) is 11.3 Å². The molecule has 4 heteroatoms. The first-order chi connectivity index (χ1) is 9.24. The fourth-order valence-corrected chi connectivity index (χ4v) is 2.59. The predicted molar refractivity (Wildman–Crippen MR) is 74.3 cm³/mol. The Balaban J connectivity index is 1.91. The van der Waals surface area contributed by atoms with Gasteiger partial charge in [-0.1, -0.05) is 6.92 Å². The van der Waals surface area contributed by atoms with Crippen molar-refractivity contribution in [2.75, 3.05) is 13.2 Å². The number of thiophene rings is 1. The zero-order valence-corrected chi connectivity index (χ0v) is 11.4. The maximum Gasteiger partial charge on any atom is 0.193 e. The summed E-state index contributed by atoms with van der Waals surface area (Å²) in [7, 11) is 0.